The largest absolute Gasteiger partial charge is 0.497 e. The lowest BCUT2D eigenvalue weighted by molar-refractivity contribution is 0.415. The summed E-state index contributed by atoms with van der Waals surface area (Å²) in [5.41, 5.74) is 0.974. The van der Waals surface area contributed by atoms with Crippen molar-refractivity contribution >= 4 is 47.0 Å². The minimum atomic E-state index is -1.66. The van der Waals surface area contributed by atoms with Gasteiger partial charge in [0.2, 0.25) is 3.79 Å². The number of hydrogen-bond acceptors (Lipinski definition) is 4. The van der Waals surface area contributed by atoms with Crippen LogP contribution in [0.2, 0.25) is 0 Å². The van der Waals surface area contributed by atoms with E-state index < -0.39 is 3.79 Å². The van der Waals surface area contributed by atoms with E-state index in [0.717, 1.165) is 11.3 Å². The van der Waals surface area contributed by atoms with Crippen molar-refractivity contribution in [2.24, 2.45) is 0 Å². The number of ether oxygens (including phenoxy) is 1. The quantitative estimate of drug-likeness (QED) is 0.801. The Morgan fingerprint density at radius 3 is 2.35 bits per heavy atom. The van der Waals surface area contributed by atoms with Crippen LogP contribution in [0.25, 0.3) is 12.2 Å². The van der Waals surface area contributed by atoms with Crippen LogP contribution in [0.3, 0.4) is 0 Å². The monoisotopic (exact) mass is 329 g/mol. The molecule has 104 valence electrons. The molecule has 0 fully saturated rings. The Bertz CT molecular complexity index is 609. The minimum absolute atomic E-state index is 0.0897. The van der Waals surface area contributed by atoms with Gasteiger partial charge in [-0.15, -0.1) is 0 Å². The molecule has 20 heavy (non-hydrogen) atoms. The Hall–Kier alpha value is -1.36. The van der Waals surface area contributed by atoms with Crippen molar-refractivity contribution in [3.8, 4) is 5.75 Å². The molecule has 0 N–H and O–H groups in total. The first kappa shape index (κ1) is 15.0. The SMILES string of the molecule is COc1ccc(/C=C/c2ncnc(C(Cl)(Cl)Cl)n2)cc1. The smallest absolute Gasteiger partial charge is 0.250 e. The predicted molar refractivity (Wildman–Crippen MR) is 81.0 cm³/mol. The van der Waals surface area contributed by atoms with Crippen molar-refractivity contribution in [1.29, 1.82) is 0 Å². The summed E-state index contributed by atoms with van der Waals surface area (Å²) in [6, 6.07) is 7.54. The molecule has 0 saturated heterocycles. The van der Waals surface area contributed by atoms with E-state index in [2.05, 4.69) is 15.0 Å². The van der Waals surface area contributed by atoms with E-state index in [1.807, 2.05) is 30.3 Å². The third-order valence-corrected chi connectivity index (χ3v) is 2.89. The maximum Gasteiger partial charge on any atom is 0.250 e. The summed E-state index contributed by atoms with van der Waals surface area (Å²) in [6.45, 7) is 0. The summed E-state index contributed by atoms with van der Waals surface area (Å²) in [5, 5.41) is 0. The first-order chi connectivity index (χ1) is 9.49. The van der Waals surface area contributed by atoms with Crippen LogP contribution in [0, 0.1) is 0 Å². The number of benzene rings is 1. The van der Waals surface area contributed by atoms with Gasteiger partial charge in [0.25, 0.3) is 0 Å². The molecule has 2 rings (SSSR count). The second-order valence-electron chi connectivity index (χ2n) is 3.77. The standard InChI is InChI=1S/C13H10Cl3N3O/c1-20-10-5-2-9(3-6-10)4-7-11-17-8-18-12(19-11)13(14,15)16/h2-8H,1H3/b7-4+. The number of rotatable bonds is 3. The molecule has 0 amide bonds. The summed E-state index contributed by atoms with van der Waals surface area (Å²) in [4.78, 5) is 11.9. The fourth-order valence-corrected chi connectivity index (χ4v) is 1.68. The van der Waals surface area contributed by atoms with Crippen LogP contribution in [0.4, 0.5) is 0 Å². The van der Waals surface area contributed by atoms with E-state index in [9.17, 15) is 0 Å². The van der Waals surface area contributed by atoms with Gasteiger partial charge < -0.3 is 4.74 Å². The maximum atomic E-state index is 5.72. The first-order valence-corrected chi connectivity index (χ1v) is 6.71. The fraction of sp³-hybridized carbons (Fsp3) is 0.154. The van der Waals surface area contributed by atoms with E-state index in [1.54, 1.807) is 13.2 Å². The summed E-state index contributed by atoms with van der Waals surface area (Å²) < 4.78 is 3.42. The third kappa shape index (κ3) is 4.07. The lowest BCUT2D eigenvalue weighted by atomic mass is 10.2. The minimum Gasteiger partial charge on any atom is -0.497 e. The van der Waals surface area contributed by atoms with Crippen LogP contribution in [-0.2, 0) is 3.79 Å². The molecule has 1 heterocycles. The van der Waals surface area contributed by atoms with E-state index in [1.165, 1.54) is 6.33 Å². The van der Waals surface area contributed by atoms with Gasteiger partial charge in [-0.2, -0.15) is 0 Å². The maximum absolute atomic E-state index is 5.72. The molecular formula is C13H10Cl3N3O. The van der Waals surface area contributed by atoms with Gasteiger partial charge in [-0.25, -0.2) is 15.0 Å². The van der Waals surface area contributed by atoms with Crippen LogP contribution in [0.15, 0.2) is 30.6 Å². The fourth-order valence-electron chi connectivity index (χ4n) is 1.41. The molecule has 0 aliphatic heterocycles. The average Bonchev–Trinajstić information content (AvgIpc) is 2.45. The van der Waals surface area contributed by atoms with Crippen LogP contribution >= 0.6 is 34.8 Å². The molecule has 0 bridgehead atoms. The third-order valence-electron chi connectivity index (χ3n) is 2.38. The number of halogens is 3. The number of hydrogen-bond donors (Lipinski definition) is 0. The molecule has 7 heteroatoms. The molecular weight excluding hydrogens is 321 g/mol. The Morgan fingerprint density at radius 1 is 1.05 bits per heavy atom. The zero-order valence-corrected chi connectivity index (χ0v) is 12.7. The Kier molecular flexibility index (Phi) is 4.81. The lowest BCUT2D eigenvalue weighted by Gasteiger charge is -2.07. The van der Waals surface area contributed by atoms with Gasteiger partial charge in [0.05, 0.1) is 7.11 Å². The van der Waals surface area contributed by atoms with E-state index in [0.29, 0.717) is 5.82 Å². The van der Waals surface area contributed by atoms with Crippen molar-refractivity contribution in [2.75, 3.05) is 7.11 Å². The molecule has 0 saturated carbocycles. The summed E-state index contributed by atoms with van der Waals surface area (Å²) >= 11 is 17.2. The highest BCUT2D eigenvalue weighted by Crippen LogP contribution is 2.35. The van der Waals surface area contributed by atoms with Crippen LogP contribution in [0.1, 0.15) is 17.2 Å². The van der Waals surface area contributed by atoms with Gasteiger partial charge in [-0.3, -0.25) is 0 Å². The second-order valence-corrected chi connectivity index (χ2v) is 6.05. The van der Waals surface area contributed by atoms with E-state index >= 15 is 0 Å². The normalized spacial score (nSPS) is 11.8. The molecule has 1 aromatic carbocycles. The highest BCUT2D eigenvalue weighted by molar-refractivity contribution is 6.66. The zero-order valence-electron chi connectivity index (χ0n) is 10.4. The topological polar surface area (TPSA) is 47.9 Å². The highest BCUT2D eigenvalue weighted by atomic mass is 35.6. The Balaban J connectivity index is 2.18. The van der Waals surface area contributed by atoms with Crippen LogP contribution in [-0.4, -0.2) is 22.1 Å². The molecule has 0 aliphatic carbocycles. The Labute approximate surface area is 131 Å². The molecule has 1 aromatic heterocycles. The second kappa shape index (κ2) is 6.39. The van der Waals surface area contributed by atoms with Crippen molar-refractivity contribution in [1.82, 2.24) is 15.0 Å². The number of aromatic nitrogens is 3. The molecule has 4 nitrogen and oxygen atoms in total. The Morgan fingerprint density at radius 2 is 1.75 bits per heavy atom. The summed E-state index contributed by atoms with van der Waals surface area (Å²) in [7, 11) is 1.62. The average molecular weight is 331 g/mol. The highest BCUT2D eigenvalue weighted by Gasteiger charge is 2.26. The van der Waals surface area contributed by atoms with E-state index in [4.69, 9.17) is 39.5 Å². The predicted octanol–water partition coefficient (Wildman–Crippen LogP) is 3.88. The lowest BCUT2D eigenvalue weighted by Crippen LogP contribution is -2.08. The van der Waals surface area contributed by atoms with Gasteiger partial charge >= 0.3 is 0 Å². The van der Waals surface area contributed by atoms with Crippen molar-refractivity contribution in [2.45, 2.75) is 3.79 Å². The van der Waals surface area contributed by atoms with Gasteiger partial charge in [-0.05, 0) is 23.8 Å². The van der Waals surface area contributed by atoms with Crippen LogP contribution in [0.5, 0.6) is 5.75 Å². The van der Waals surface area contributed by atoms with Crippen molar-refractivity contribution < 1.29 is 4.74 Å². The number of methoxy groups -OCH3 is 1. The molecule has 0 atom stereocenters. The van der Waals surface area contributed by atoms with Gasteiger partial charge in [0.1, 0.15) is 12.1 Å². The summed E-state index contributed by atoms with van der Waals surface area (Å²) in [6.07, 6.45) is 4.86. The van der Waals surface area contributed by atoms with Crippen molar-refractivity contribution in [3.05, 3.63) is 47.8 Å². The van der Waals surface area contributed by atoms with E-state index in [-0.39, 0.29) is 5.82 Å². The van der Waals surface area contributed by atoms with Gasteiger partial charge in [-0.1, -0.05) is 53.0 Å². The first-order valence-electron chi connectivity index (χ1n) is 5.57. The van der Waals surface area contributed by atoms with Gasteiger partial charge in [0, 0.05) is 0 Å². The van der Waals surface area contributed by atoms with Crippen LogP contribution < -0.4 is 4.74 Å². The number of nitrogens with zero attached hydrogens (tertiary/aromatic N) is 3. The van der Waals surface area contributed by atoms with Crippen molar-refractivity contribution in [3.63, 3.8) is 0 Å². The molecule has 2 aromatic rings. The molecule has 0 spiro atoms. The number of alkyl halides is 3. The summed E-state index contributed by atoms with van der Waals surface area (Å²) in [5.74, 6) is 1.30. The molecule has 0 aliphatic rings. The zero-order chi connectivity index (χ0) is 14.6. The van der Waals surface area contributed by atoms with Gasteiger partial charge in [0.15, 0.2) is 11.6 Å². The molecule has 0 radical (unpaired) electrons. The molecule has 0 unspecified atom stereocenters.